The van der Waals surface area contributed by atoms with E-state index in [0.29, 0.717) is 0 Å². The first-order valence-corrected chi connectivity index (χ1v) is 5.38. The molecular formula is C11H11BrO2. The van der Waals surface area contributed by atoms with E-state index in [1.165, 1.54) is 5.56 Å². The molecule has 0 aliphatic heterocycles. The lowest BCUT2D eigenvalue weighted by molar-refractivity contribution is -0.135. The van der Waals surface area contributed by atoms with Gasteiger partial charge < -0.3 is 5.11 Å². The van der Waals surface area contributed by atoms with Crippen LogP contribution in [0.15, 0.2) is 30.3 Å². The van der Waals surface area contributed by atoms with Crippen molar-refractivity contribution in [3.8, 4) is 0 Å². The quantitative estimate of drug-likeness (QED) is 0.839. The Hall–Kier alpha value is -1.09. The van der Waals surface area contributed by atoms with Gasteiger partial charge in [-0.3, -0.25) is 4.79 Å². The minimum absolute atomic E-state index is 0.0680. The summed E-state index contributed by atoms with van der Waals surface area (Å²) in [4.78, 5) is 10.3. The van der Waals surface area contributed by atoms with Crippen LogP contribution in [0, 0.1) is 0 Å². The summed E-state index contributed by atoms with van der Waals surface area (Å²) in [5.41, 5.74) is 2.21. The van der Waals surface area contributed by atoms with Crippen LogP contribution in [0.3, 0.4) is 0 Å². The number of carboxylic acid groups (broad SMARTS) is 1. The molecule has 0 heterocycles. The molecule has 0 aliphatic rings. The van der Waals surface area contributed by atoms with Crippen molar-refractivity contribution >= 4 is 28.0 Å². The summed E-state index contributed by atoms with van der Waals surface area (Å²) in [6.07, 6.45) is 3.54. The molecule has 0 radical (unpaired) electrons. The Balaban J connectivity index is 2.66. The van der Waals surface area contributed by atoms with Crippen LogP contribution in [-0.4, -0.2) is 11.1 Å². The van der Waals surface area contributed by atoms with Crippen molar-refractivity contribution in [3.05, 3.63) is 41.5 Å². The number of aliphatic carboxylic acids is 1. The van der Waals surface area contributed by atoms with E-state index in [-0.39, 0.29) is 6.42 Å². The van der Waals surface area contributed by atoms with Crippen LogP contribution in [0.25, 0.3) is 6.08 Å². The second kappa shape index (κ2) is 5.60. The lowest BCUT2D eigenvalue weighted by atomic mass is 10.1. The zero-order valence-corrected chi connectivity index (χ0v) is 9.20. The molecule has 0 spiro atoms. The van der Waals surface area contributed by atoms with Gasteiger partial charge >= 0.3 is 5.97 Å². The second-order valence-electron chi connectivity index (χ2n) is 2.88. The van der Waals surface area contributed by atoms with E-state index in [2.05, 4.69) is 15.9 Å². The molecule has 0 atom stereocenters. The van der Waals surface area contributed by atoms with Crippen LogP contribution in [0.5, 0.6) is 0 Å². The van der Waals surface area contributed by atoms with E-state index in [0.717, 1.165) is 10.9 Å². The summed E-state index contributed by atoms with van der Waals surface area (Å²) in [5, 5.41) is 9.25. The molecule has 0 amide bonds. The molecule has 0 aromatic heterocycles. The fourth-order valence-electron chi connectivity index (χ4n) is 1.08. The summed E-state index contributed by atoms with van der Waals surface area (Å²) in [7, 11) is 0. The first-order valence-electron chi connectivity index (χ1n) is 4.25. The monoisotopic (exact) mass is 254 g/mol. The lowest BCUT2D eigenvalue weighted by Gasteiger charge is -1.96. The van der Waals surface area contributed by atoms with Crippen LogP contribution >= 0.6 is 15.9 Å². The number of alkyl halides is 1. The fourth-order valence-corrected chi connectivity index (χ4v) is 1.42. The van der Waals surface area contributed by atoms with Crippen molar-refractivity contribution in [2.45, 2.75) is 11.8 Å². The summed E-state index contributed by atoms with van der Waals surface area (Å²) >= 11 is 3.36. The summed E-state index contributed by atoms with van der Waals surface area (Å²) in [5.74, 6) is -0.808. The van der Waals surface area contributed by atoms with E-state index < -0.39 is 5.97 Å². The van der Waals surface area contributed by atoms with Gasteiger partial charge in [0, 0.05) is 5.33 Å². The van der Waals surface area contributed by atoms with Crippen LogP contribution in [-0.2, 0) is 10.1 Å². The van der Waals surface area contributed by atoms with Gasteiger partial charge in [-0.2, -0.15) is 0 Å². The minimum atomic E-state index is -0.808. The van der Waals surface area contributed by atoms with Gasteiger partial charge in [0.1, 0.15) is 0 Å². The number of hydrogen-bond acceptors (Lipinski definition) is 1. The molecular weight excluding hydrogens is 244 g/mol. The molecule has 1 aromatic rings. The Labute approximate surface area is 91.4 Å². The van der Waals surface area contributed by atoms with Gasteiger partial charge in [0.15, 0.2) is 0 Å². The Morgan fingerprint density at radius 1 is 1.50 bits per heavy atom. The molecule has 1 rings (SSSR count). The van der Waals surface area contributed by atoms with E-state index in [9.17, 15) is 4.79 Å². The van der Waals surface area contributed by atoms with Crippen LogP contribution < -0.4 is 0 Å². The molecule has 1 aromatic carbocycles. The first-order chi connectivity index (χ1) is 6.72. The largest absolute Gasteiger partial charge is 0.481 e. The standard InChI is InChI=1S/C11H11BrO2/c12-8-10-5-1-3-9(7-10)4-2-6-11(13)14/h1-5,7H,6,8H2,(H,13,14). The smallest absolute Gasteiger partial charge is 0.307 e. The number of benzene rings is 1. The number of halogens is 1. The number of rotatable bonds is 4. The Morgan fingerprint density at radius 3 is 2.93 bits per heavy atom. The van der Waals surface area contributed by atoms with Gasteiger partial charge in [-0.1, -0.05) is 52.3 Å². The zero-order chi connectivity index (χ0) is 10.4. The third-order valence-corrected chi connectivity index (χ3v) is 2.36. The maximum absolute atomic E-state index is 10.3. The van der Waals surface area contributed by atoms with Crippen molar-refractivity contribution in [2.75, 3.05) is 0 Å². The Bertz CT molecular complexity index is 345. The highest BCUT2D eigenvalue weighted by molar-refractivity contribution is 9.08. The molecule has 3 heteroatoms. The van der Waals surface area contributed by atoms with Gasteiger partial charge in [0.25, 0.3) is 0 Å². The summed E-state index contributed by atoms with van der Waals surface area (Å²) in [6, 6.07) is 7.94. The average Bonchev–Trinajstić information content (AvgIpc) is 2.18. The molecule has 0 unspecified atom stereocenters. The number of hydrogen-bond donors (Lipinski definition) is 1. The molecule has 14 heavy (non-hydrogen) atoms. The molecule has 74 valence electrons. The van der Waals surface area contributed by atoms with E-state index in [1.807, 2.05) is 30.3 Å². The third kappa shape index (κ3) is 3.75. The summed E-state index contributed by atoms with van der Waals surface area (Å²) in [6.45, 7) is 0. The molecule has 0 aliphatic carbocycles. The molecule has 1 N–H and O–H groups in total. The van der Waals surface area contributed by atoms with Crippen molar-refractivity contribution in [2.24, 2.45) is 0 Å². The van der Waals surface area contributed by atoms with Gasteiger partial charge in [-0.05, 0) is 11.1 Å². The highest BCUT2D eigenvalue weighted by Crippen LogP contribution is 2.10. The van der Waals surface area contributed by atoms with E-state index in [1.54, 1.807) is 6.08 Å². The first kappa shape index (κ1) is 11.0. The Morgan fingerprint density at radius 2 is 2.29 bits per heavy atom. The molecule has 0 bridgehead atoms. The van der Waals surface area contributed by atoms with Gasteiger partial charge in [-0.25, -0.2) is 0 Å². The maximum atomic E-state index is 10.3. The zero-order valence-electron chi connectivity index (χ0n) is 7.61. The Kier molecular flexibility index (Phi) is 4.40. The predicted octanol–water partition coefficient (Wildman–Crippen LogP) is 3.07. The van der Waals surface area contributed by atoms with Crippen LogP contribution in [0.4, 0.5) is 0 Å². The molecule has 0 saturated heterocycles. The van der Waals surface area contributed by atoms with Crippen molar-refractivity contribution in [1.82, 2.24) is 0 Å². The SMILES string of the molecule is O=C(O)CC=Cc1cccc(CBr)c1. The average molecular weight is 255 g/mol. The minimum Gasteiger partial charge on any atom is -0.481 e. The topological polar surface area (TPSA) is 37.3 Å². The number of carboxylic acids is 1. The predicted molar refractivity (Wildman–Crippen MR) is 60.4 cm³/mol. The van der Waals surface area contributed by atoms with Crippen molar-refractivity contribution in [1.29, 1.82) is 0 Å². The highest BCUT2D eigenvalue weighted by Gasteiger charge is 1.92. The maximum Gasteiger partial charge on any atom is 0.307 e. The van der Waals surface area contributed by atoms with Crippen LogP contribution in [0.1, 0.15) is 17.5 Å². The van der Waals surface area contributed by atoms with Gasteiger partial charge in [0.2, 0.25) is 0 Å². The molecule has 2 nitrogen and oxygen atoms in total. The van der Waals surface area contributed by atoms with E-state index in [4.69, 9.17) is 5.11 Å². The van der Waals surface area contributed by atoms with Crippen molar-refractivity contribution in [3.63, 3.8) is 0 Å². The highest BCUT2D eigenvalue weighted by atomic mass is 79.9. The normalized spacial score (nSPS) is 10.6. The van der Waals surface area contributed by atoms with Crippen molar-refractivity contribution < 1.29 is 9.90 Å². The van der Waals surface area contributed by atoms with E-state index >= 15 is 0 Å². The second-order valence-corrected chi connectivity index (χ2v) is 3.44. The van der Waals surface area contributed by atoms with Gasteiger partial charge in [-0.15, -0.1) is 0 Å². The third-order valence-electron chi connectivity index (χ3n) is 1.71. The lowest BCUT2D eigenvalue weighted by Crippen LogP contribution is -1.89. The van der Waals surface area contributed by atoms with Gasteiger partial charge in [0.05, 0.1) is 6.42 Å². The molecule has 0 fully saturated rings. The fraction of sp³-hybridized carbons (Fsp3) is 0.182. The summed E-state index contributed by atoms with van der Waals surface area (Å²) < 4.78 is 0. The van der Waals surface area contributed by atoms with Crippen LogP contribution in [0.2, 0.25) is 0 Å². The number of carbonyl (C=O) groups is 1. The molecule has 0 saturated carbocycles.